The molecule has 0 spiro atoms. The Morgan fingerprint density at radius 3 is 2.64 bits per heavy atom. The molecule has 0 aromatic rings. The van der Waals surface area contributed by atoms with E-state index in [1.165, 1.54) is 6.42 Å². The van der Waals surface area contributed by atoms with E-state index in [1.54, 1.807) is 6.08 Å². The maximum absolute atomic E-state index is 11.6. The van der Waals surface area contributed by atoms with E-state index in [1.807, 2.05) is 19.1 Å². The average molecular weight is 194 g/mol. The van der Waals surface area contributed by atoms with E-state index in [0.717, 1.165) is 19.3 Å². The van der Waals surface area contributed by atoms with Gasteiger partial charge in [0.15, 0.2) is 0 Å². The van der Waals surface area contributed by atoms with Crippen LogP contribution in [0.2, 0.25) is 0 Å². The lowest BCUT2D eigenvalue weighted by molar-refractivity contribution is -0.121. The first-order valence-corrected chi connectivity index (χ1v) is 5.52. The van der Waals surface area contributed by atoms with Gasteiger partial charge < -0.3 is 0 Å². The molecule has 0 aliphatic rings. The molecule has 0 amide bonds. The van der Waals surface area contributed by atoms with Crippen molar-refractivity contribution in [3.63, 3.8) is 0 Å². The molecule has 1 unspecified atom stereocenters. The quantitative estimate of drug-likeness (QED) is 0.423. The van der Waals surface area contributed by atoms with Gasteiger partial charge in [0.2, 0.25) is 0 Å². The van der Waals surface area contributed by atoms with Gasteiger partial charge in [0.25, 0.3) is 0 Å². The Bertz CT molecular complexity index is 191. The molecule has 0 aliphatic carbocycles. The molecule has 0 aliphatic heterocycles. The fourth-order valence-electron chi connectivity index (χ4n) is 1.38. The molecule has 0 bridgehead atoms. The molecule has 0 fully saturated rings. The standard InChI is InChI=1S/C13H22O/c1-4-7-9-11-13(14)12(6-3)10-8-5-2/h5-6,8,12H,3-4,7,9-11H2,1-2H3. The Morgan fingerprint density at radius 1 is 1.43 bits per heavy atom. The highest BCUT2D eigenvalue weighted by Crippen LogP contribution is 2.12. The molecule has 0 heterocycles. The lowest BCUT2D eigenvalue weighted by atomic mass is 9.96. The van der Waals surface area contributed by atoms with E-state index in [2.05, 4.69) is 13.5 Å². The number of ketones is 1. The minimum absolute atomic E-state index is 0.0306. The molecule has 0 saturated heterocycles. The van der Waals surface area contributed by atoms with Crippen LogP contribution in [0.15, 0.2) is 24.8 Å². The van der Waals surface area contributed by atoms with Crippen molar-refractivity contribution in [2.45, 2.75) is 46.0 Å². The molecule has 80 valence electrons. The number of unbranched alkanes of at least 4 members (excludes halogenated alkanes) is 2. The third-order valence-electron chi connectivity index (χ3n) is 2.35. The predicted molar refractivity (Wildman–Crippen MR) is 62.3 cm³/mol. The molecule has 0 aromatic heterocycles. The predicted octanol–water partition coefficient (Wildman–Crippen LogP) is 3.90. The molecular formula is C13H22O. The van der Waals surface area contributed by atoms with Crippen molar-refractivity contribution >= 4 is 5.78 Å². The summed E-state index contributed by atoms with van der Waals surface area (Å²) in [4.78, 5) is 11.6. The van der Waals surface area contributed by atoms with E-state index in [-0.39, 0.29) is 5.92 Å². The number of rotatable bonds is 8. The second-order valence-electron chi connectivity index (χ2n) is 3.57. The van der Waals surface area contributed by atoms with E-state index in [4.69, 9.17) is 0 Å². The van der Waals surface area contributed by atoms with Crippen molar-refractivity contribution < 1.29 is 4.79 Å². The Morgan fingerprint density at radius 2 is 2.14 bits per heavy atom. The molecule has 1 atom stereocenters. The molecule has 0 aromatic carbocycles. The lowest BCUT2D eigenvalue weighted by Gasteiger charge is -2.08. The van der Waals surface area contributed by atoms with E-state index < -0.39 is 0 Å². The van der Waals surface area contributed by atoms with Crippen molar-refractivity contribution in [1.82, 2.24) is 0 Å². The Labute approximate surface area is 87.9 Å². The minimum atomic E-state index is 0.0306. The highest BCUT2D eigenvalue weighted by Gasteiger charge is 2.11. The van der Waals surface area contributed by atoms with Crippen LogP contribution < -0.4 is 0 Å². The zero-order valence-electron chi connectivity index (χ0n) is 9.46. The second kappa shape index (κ2) is 8.74. The fraction of sp³-hybridized carbons (Fsp3) is 0.615. The zero-order chi connectivity index (χ0) is 10.8. The summed E-state index contributed by atoms with van der Waals surface area (Å²) in [5.41, 5.74) is 0. The van der Waals surface area contributed by atoms with Gasteiger partial charge in [-0.05, 0) is 19.8 Å². The van der Waals surface area contributed by atoms with Gasteiger partial charge >= 0.3 is 0 Å². The highest BCUT2D eigenvalue weighted by molar-refractivity contribution is 5.82. The first-order valence-electron chi connectivity index (χ1n) is 5.52. The number of carbonyl (C=O) groups is 1. The number of hydrogen-bond acceptors (Lipinski definition) is 1. The van der Waals surface area contributed by atoms with Crippen LogP contribution in [0, 0.1) is 5.92 Å². The van der Waals surface area contributed by atoms with Gasteiger partial charge in [-0.3, -0.25) is 4.79 Å². The van der Waals surface area contributed by atoms with Crippen LogP contribution in [0.3, 0.4) is 0 Å². The van der Waals surface area contributed by atoms with Crippen LogP contribution in [0.5, 0.6) is 0 Å². The van der Waals surface area contributed by atoms with E-state index in [9.17, 15) is 4.79 Å². The lowest BCUT2D eigenvalue weighted by Crippen LogP contribution is -2.10. The Balaban J connectivity index is 3.85. The second-order valence-corrected chi connectivity index (χ2v) is 3.57. The van der Waals surface area contributed by atoms with Crippen molar-refractivity contribution in [2.75, 3.05) is 0 Å². The number of Topliss-reactive ketones (excluding diaryl/α,β-unsaturated/α-hetero) is 1. The SMILES string of the molecule is C=CC(CC=CC)C(=O)CCCCC. The molecule has 1 nitrogen and oxygen atoms in total. The first kappa shape index (κ1) is 13.2. The van der Waals surface area contributed by atoms with E-state index >= 15 is 0 Å². The largest absolute Gasteiger partial charge is 0.299 e. The number of carbonyl (C=O) groups excluding carboxylic acids is 1. The maximum atomic E-state index is 11.6. The molecule has 0 saturated carbocycles. The van der Waals surface area contributed by atoms with Crippen molar-refractivity contribution in [2.24, 2.45) is 5.92 Å². The fourth-order valence-corrected chi connectivity index (χ4v) is 1.38. The van der Waals surface area contributed by atoms with Gasteiger partial charge in [0, 0.05) is 12.3 Å². The summed E-state index contributed by atoms with van der Waals surface area (Å²) in [5.74, 6) is 0.370. The first-order chi connectivity index (χ1) is 6.76. The van der Waals surface area contributed by atoms with Gasteiger partial charge in [-0.2, -0.15) is 0 Å². The minimum Gasteiger partial charge on any atom is -0.299 e. The molecule has 14 heavy (non-hydrogen) atoms. The van der Waals surface area contributed by atoms with Crippen LogP contribution in [-0.4, -0.2) is 5.78 Å². The zero-order valence-corrected chi connectivity index (χ0v) is 9.46. The summed E-state index contributed by atoms with van der Waals surface area (Å²) in [6.45, 7) is 7.83. The Hall–Kier alpha value is -0.850. The topological polar surface area (TPSA) is 17.1 Å². The third kappa shape index (κ3) is 5.74. The van der Waals surface area contributed by atoms with Gasteiger partial charge in [0.1, 0.15) is 5.78 Å². The maximum Gasteiger partial charge on any atom is 0.140 e. The van der Waals surface area contributed by atoms with Crippen LogP contribution in [-0.2, 0) is 4.79 Å². The van der Waals surface area contributed by atoms with Crippen LogP contribution in [0.1, 0.15) is 46.0 Å². The van der Waals surface area contributed by atoms with Gasteiger partial charge in [0.05, 0.1) is 0 Å². The monoisotopic (exact) mass is 194 g/mol. The molecule has 0 rings (SSSR count). The smallest absolute Gasteiger partial charge is 0.140 e. The average Bonchev–Trinajstić information content (AvgIpc) is 2.19. The molecule has 0 radical (unpaired) electrons. The normalized spacial score (nSPS) is 13.0. The summed E-state index contributed by atoms with van der Waals surface area (Å²) >= 11 is 0. The van der Waals surface area contributed by atoms with Crippen LogP contribution in [0.4, 0.5) is 0 Å². The Kier molecular flexibility index (Phi) is 8.20. The van der Waals surface area contributed by atoms with Gasteiger partial charge in [-0.25, -0.2) is 0 Å². The molecular weight excluding hydrogens is 172 g/mol. The van der Waals surface area contributed by atoms with Crippen LogP contribution >= 0.6 is 0 Å². The van der Waals surface area contributed by atoms with Crippen molar-refractivity contribution in [1.29, 1.82) is 0 Å². The highest BCUT2D eigenvalue weighted by atomic mass is 16.1. The summed E-state index contributed by atoms with van der Waals surface area (Å²) < 4.78 is 0. The molecule has 0 N–H and O–H groups in total. The number of hydrogen-bond donors (Lipinski definition) is 0. The van der Waals surface area contributed by atoms with E-state index in [0.29, 0.717) is 12.2 Å². The van der Waals surface area contributed by atoms with Crippen molar-refractivity contribution in [3.8, 4) is 0 Å². The van der Waals surface area contributed by atoms with Gasteiger partial charge in [-0.15, -0.1) is 6.58 Å². The summed E-state index contributed by atoms with van der Waals surface area (Å²) in [5, 5.41) is 0. The van der Waals surface area contributed by atoms with Gasteiger partial charge in [-0.1, -0.05) is 38.0 Å². The summed E-state index contributed by atoms with van der Waals surface area (Å²) in [6, 6.07) is 0. The van der Waals surface area contributed by atoms with Crippen molar-refractivity contribution in [3.05, 3.63) is 24.8 Å². The van der Waals surface area contributed by atoms with Crippen LogP contribution in [0.25, 0.3) is 0 Å². The molecule has 1 heteroatoms. The summed E-state index contributed by atoms with van der Waals surface area (Å²) in [7, 11) is 0. The summed E-state index contributed by atoms with van der Waals surface area (Å²) in [6.07, 6.45) is 10.6. The number of allylic oxidation sites excluding steroid dienone is 3. The third-order valence-corrected chi connectivity index (χ3v) is 2.35.